The zero-order chi connectivity index (χ0) is 39.7. The third-order valence-electron chi connectivity index (χ3n) is 14.7. The number of rotatable bonds is 3. The van der Waals surface area contributed by atoms with Gasteiger partial charge in [-0.2, -0.15) is 0 Å². The molecule has 0 N–H and O–H groups in total. The molecule has 4 nitrogen and oxygen atoms in total. The number of nitrogens with zero attached hydrogens (tertiary/aromatic N) is 4. The fourth-order valence-electron chi connectivity index (χ4n) is 12.5. The van der Waals surface area contributed by atoms with E-state index in [-0.39, 0.29) is 6.71 Å². The van der Waals surface area contributed by atoms with E-state index in [2.05, 4.69) is 209 Å². The minimum Gasteiger partial charge on any atom is -0.310 e. The second-order valence-electron chi connectivity index (χ2n) is 17.2. The van der Waals surface area contributed by atoms with Gasteiger partial charge in [0, 0.05) is 72.4 Å². The molecule has 61 heavy (non-hydrogen) atoms. The van der Waals surface area contributed by atoms with Gasteiger partial charge in [-0.1, -0.05) is 115 Å². The van der Waals surface area contributed by atoms with Gasteiger partial charge in [0.05, 0.1) is 45.3 Å². The van der Waals surface area contributed by atoms with Crippen molar-refractivity contribution in [3.63, 3.8) is 0 Å². The first-order valence-electron chi connectivity index (χ1n) is 21.6. The van der Waals surface area contributed by atoms with E-state index in [1.165, 1.54) is 127 Å². The van der Waals surface area contributed by atoms with Gasteiger partial charge in [-0.25, -0.2) is 4.48 Å². The summed E-state index contributed by atoms with van der Waals surface area (Å²) in [5.41, 5.74) is 22.2. The van der Waals surface area contributed by atoms with Gasteiger partial charge in [0.15, 0.2) is 5.69 Å². The third kappa shape index (κ3) is 3.67. The Bertz CT molecular complexity index is 3890. The van der Waals surface area contributed by atoms with Crippen LogP contribution in [0.1, 0.15) is 6.92 Å². The first kappa shape index (κ1) is 32.3. The van der Waals surface area contributed by atoms with Crippen molar-refractivity contribution >= 4 is 106 Å². The second kappa shape index (κ2) is 11.2. The Morgan fingerprint density at radius 1 is 0.410 bits per heavy atom. The molecule has 15 rings (SSSR count). The van der Waals surface area contributed by atoms with Gasteiger partial charge in [-0.3, -0.25) is 0 Å². The maximum absolute atomic E-state index is 2.65. The first-order chi connectivity index (χ1) is 30.3. The number of fused-ring (bicyclic) bond motifs is 17. The summed E-state index contributed by atoms with van der Waals surface area (Å²) in [5.74, 6) is 0. The highest BCUT2D eigenvalue weighted by Gasteiger charge is 2.56. The van der Waals surface area contributed by atoms with Gasteiger partial charge < -0.3 is 13.7 Å². The molecule has 0 saturated carbocycles. The Labute approximate surface area is 352 Å². The van der Waals surface area contributed by atoms with Crippen molar-refractivity contribution in [2.24, 2.45) is 0 Å². The van der Waals surface area contributed by atoms with Crippen molar-refractivity contribution in [3.8, 4) is 28.2 Å². The average molecular weight is 776 g/mol. The molecule has 6 heterocycles. The predicted molar refractivity (Wildman–Crippen MR) is 258 cm³/mol. The number of hydrogen-bond donors (Lipinski definition) is 0. The number of aromatic nitrogens is 3. The maximum atomic E-state index is 2.65. The van der Waals surface area contributed by atoms with Crippen LogP contribution in [0.25, 0.3) is 93.6 Å². The molecule has 0 saturated heterocycles. The number of hydrogen-bond acceptors (Lipinski definition) is 0. The van der Waals surface area contributed by atoms with E-state index in [4.69, 9.17) is 0 Å². The van der Waals surface area contributed by atoms with Gasteiger partial charge >= 0.3 is 0 Å². The number of benzene rings is 9. The van der Waals surface area contributed by atoms with Crippen molar-refractivity contribution in [3.05, 3.63) is 188 Å². The number of quaternary nitrogens is 1. The fourth-order valence-corrected chi connectivity index (χ4v) is 12.5. The molecule has 1 unspecified atom stereocenters. The largest absolute Gasteiger partial charge is 0.310 e. The third-order valence-corrected chi connectivity index (χ3v) is 14.7. The lowest BCUT2D eigenvalue weighted by Crippen LogP contribution is -2.64. The van der Waals surface area contributed by atoms with E-state index in [1.54, 1.807) is 0 Å². The lowest BCUT2D eigenvalue weighted by molar-refractivity contribution is 0.559. The van der Waals surface area contributed by atoms with Crippen molar-refractivity contribution in [2.75, 3.05) is 6.54 Å². The van der Waals surface area contributed by atoms with Gasteiger partial charge in [-0.05, 0) is 78.5 Å². The van der Waals surface area contributed by atoms with Crippen LogP contribution in [0.3, 0.4) is 0 Å². The van der Waals surface area contributed by atoms with Crippen LogP contribution in [0.15, 0.2) is 188 Å². The molecule has 282 valence electrons. The van der Waals surface area contributed by atoms with Crippen LogP contribution in [0.4, 0.5) is 17.1 Å². The molecule has 0 amide bonds. The van der Waals surface area contributed by atoms with E-state index < -0.39 is 0 Å². The second-order valence-corrected chi connectivity index (χ2v) is 17.2. The summed E-state index contributed by atoms with van der Waals surface area (Å²) >= 11 is 0. The number of para-hydroxylation sites is 7. The molecule has 9 aromatic carbocycles. The Hall–Kier alpha value is -7.60. The molecule has 0 spiro atoms. The molecule has 3 aromatic heterocycles. The van der Waals surface area contributed by atoms with E-state index in [0.29, 0.717) is 4.48 Å². The minimum atomic E-state index is -0.0194. The lowest BCUT2D eigenvalue weighted by atomic mass is 9.33. The van der Waals surface area contributed by atoms with Crippen molar-refractivity contribution < 1.29 is 0 Å². The summed E-state index contributed by atoms with van der Waals surface area (Å²) in [6, 6.07) is 71.1. The Kier molecular flexibility index (Phi) is 5.90. The predicted octanol–water partition coefficient (Wildman–Crippen LogP) is 12.1. The minimum absolute atomic E-state index is 0.0194. The highest BCUT2D eigenvalue weighted by Crippen LogP contribution is 2.59. The van der Waals surface area contributed by atoms with Crippen LogP contribution in [-0.4, -0.2) is 27.0 Å². The SMILES string of the molecule is CC[N+]12c3ccccc3-c3cccc(c31)B1c3c(cc(-n4c5ccccc5c5ccccc54)cc32)-n2c3ccccc3c3cc4c5ccccc5n(-c5ccccc5)c4c1c32. The summed E-state index contributed by atoms with van der Waals surface area (Å²) in [5, 5.41) is 7.72. The van der Waals surface area contributed by atoms with Crippen LogP contribution < -0.4 is 20.9 Å². The summed E-state index contributed by atoms with van der Waals surface area (Å²) in [4.78, 5) is 0. The van der Waals surface area contributed by atoms with E-state index in [0.717, 1.165) is 6.54 Å². The molecule has 0 aliphatic carbocycles. The zero-order valence-electron chi connectivity index (χ0n) is 33.5. The molecule has 3 aliphatic rings. The van der Waals surface area contributed by atoms with Gasteiger partial charge in [0.2, 0.25) is 0 Å². The molecule has 0 radical (unpaired) electrons. The van der Waals surface area contributed by atoms with Crippen molar-refractivity contribution in [1.82, 2.24) is 18.2 Å². The van der Waals surface area contributed by atoms with Gasteiger partial charge in [0.1, 0.15) is 11.4 Å². The quantitative estimate of drug-likeness (QED) is 0.125. The van der Waals surface area contributed by atoms with Gasteiger partial charge in [0.25, 0.3) is 6.71 Å². The Morgan fingerprint density at radius 3 is 1.62 bits per heavy atom. The van der Waals surface area contributed by atoms with Crippen LogP contribution >= 0.6 is 0 Å². The standard InChI is InChI=1S/C56H36BN4/c1-2-61-50-30-15-10-23-40(50)41-24-16-25-44(56(41)61)57-52-49(31-35(32-51(52)61)58-45-26-11-6-19-36(45)37-20-7-12-27-46(37)58)60-48-29-14-9-22-39(48)43-33-42-38-21-8-13-28-47(38)59(34-17-4-3-5-18-34)54(42)53(57)55(43)60/h3-33H,2H2,1H3/q+1. The average Bonchev–Trinajstić information content (AvgIpc) is 4.04. The molecule has 1 atom stereocenters. The van der Waals surface area contributed by atoms with Crippen molar-refractivity contribution in [1.29, 1.82) is 0 Å². The van der Waals surface area contributed by atoms with Crippen LogP contribution in [-0.2, 0) is 0 Å². The normalized spacial score (nSPS) is 15.7. The molecule has 0 bridgehead atoms. The first-order valence-corrected chi connectivity index (χ1v) is 21.6. The van der Waals surface area contributed by atoms with E-state index >= 15 is 0 Å². The monoisotopic (exact) mass is 775 g/mol. The summed E-state index contributed by atoms with van der Waals surface area (Å²) in [6.45, 7) is 3.27. The van der Waals surface area contributed by atoms with E-state index in [1.807, 2.05) is 0 Å². The van der Waals surface area contributed by atoms with Crippen molar-refractivity contribution in [2.45, 2.75) is 6.92 Å². The highest BCUT2D eigenvalue weighted by atomic mass is 15.4. The lowest BCUT2D eigenvalue weighted by Gasteiger charge is -2.44. The molecule has 12 aromatic rings. The summed E-state index contributed by atoms with van der Waals surface area (Å²) < 4.78 is 8.43. The molecule has 3 aliphatic heterocycles. The van der Waals surface area contributed by atoms with E-state index in [9.17, 15) is 0 Å². The molecule has 5 heteroatoms. The Morgan fingerprint density at radius 2 is 0.951 bits per heavy atom. The summed E-state index contributed by atoms with van der Waals surface area (Å²) in [7, 11) is 0. The van der Waals surface area contributed by atoms with Crippen LogP contribution in [0.2, 0.25) is 0 Å². The fraction of sp³-hybridized carbons (Fsp3) is 0.0357. The molecular weight excluding hydrogens is 739 g/mol. The van der Waals surface area contributed by atoms with Gasteiger partial charge in [-0.15, -0.1) is 0 Å². The molecule has 0 fully saturated rings. The van der Waals surface area contributed by atoms with Crippen LogP contribution in [0.5, 0.6) is 0 Å². The smallest absolute Gasteiger partial charge is 0.265 e. The molecular formula is C56H36BN4+. The Balaban J connectivity index is 1.22. The van der Waals surface area contributed by atoms with Crippen LogP contribution in [0, 0.1) is 0 Å². The summed E-state index contributed by atoms with van der Waals surface area (Å²) in [6.07, 6.45) is 0. The zero-order valence-corrected chi connectivity index (χ0v) is 33.5. The topological polar surface area (TPSA) is 14.8 Å². The maximum Gasteiger partial charge on any atom is 0.265 e. The highest BCUT2D eigenvalue weighted by molar-refractivity contribution is 7.01.